The third-order valence-electron chi connectivity index (χ3n) is 3.26. The van der Waals surface area contributed by atoms with Crippen LogP contribution in [-0.4, -0.2) is 26.6 Å². The molecule has 3 heterocycles. The first-order valence-electron chi connectivity index (χ1n) is 6.71. The number of fused-ring (bicyclic) bond motifs is 1. The first kappa shape index (κ1) is 15.3. The van der Waals surface area contributed by atoms with Crippen LogP contribution in [0, 0.1) is 0 Å². The maximum absolute atomic E-state index is 5.87. The van der Waals surface area contributed by atoms with Crippen molar-refractivity contribution in [3.63, 3.8) is 0 Å². The number of nitrogens with zero attached hydrogens (tertiary/aromatic N) is 4. The molecule has 23 heavy (non-hydrogen) atoms. The van der Waals surface area contributed by atoms with Crippen LogP contribution in [0.3, 0.4) is 0 Å². The number of nitrogens with two attached hydrogens (primary N) is 1. The molecule has 3 rings (SSSR count). The Kier molecular flexibility index (Phi) is 4.16. The van der Waals surface area contributed by atoms with E-state index in [-0.39, 0.29) is 0 Å². The van der Waals surface area contributed by atoms with E-state index in [2.05, 4.69) is 30.9 Å². The molecule has 0 bridgehead atoms. The predicted molar refractivity (Wildman–Crippen MR) is 89.8 cm³/mol. The molecular weight excluding hydrogens is 362 g/mol. The van der Waals surface area contributed by atoms with E-state index >= 15 is 0 Å². The molecule has 0 fully saturated rings. The molecule has 2 N–H and O–H groups in total. The van der Waals surface area contributed by atoms with Crippen molar-refractivity contribution in [1.82, 2.24) is 19.5 Å². The van der Waals surface area contributed by atoms with Gasteiger partial charge in [0.25, 0.3) is 0 Å². The van der Waals surface area contributed by atoms with Crippen LogP contribution < -0.4 is 15.2 Å². The molecular formula is C15H14BrN5O2. The van der Waals surface area contributed by atoms with E-state index in [4.69, 9.17) is 15.2 Å². The van der Waals surface area contributed by atoms with Gasteiger partial charge in [-0.1, -0.05) is 6.07 Å². The number of methoxy groups -OCH3 is 1. The highest BCUT2D eigenvalue weighted by Gasteiger charge is 2.18. The molecule has 0 saturated heterocycles. The van der Waals surface area contributed by atoms with Gasteiger partial charge in [0.2, 0.25) is 0 Å². The fraction of sp³-hybridized carbons (Fsp3) is 0.133. The second-order valence-electron chi connectivity index (χ2n) is 4.62. The van der Waals surface area contributed by atoms with Gasteiger partial charge < -0.3 is 19.8 Å². The highest BCUT2D eigenvalue weighted by Crippen LogP contribution is 2.36. The van der Waals surface area contributed by atoms with E-state index in [1.54, 1.807) is 25.6 Å². The first-order valence-corrected chi connectivity index (χ1v) is 7.51. The summed E-state index contributed by atoms with van der Waals surface area (Å²) in [5.74, 6) is 1.36. The van der Waals surface area contributed by atoms with E-state index in [0.717, 1.165) is 0 Å². The van der Waals surface area contributed by atoms with Gasteiger partial charge in [-0.25, -0.2) is 9.97 Å². The fourth-order valence-corrected chi connectivity index (χ4v) is 2.51. The molecule has 7 nitrogen and oxygen atoms in total. The largest absolute Gasteiger partial charge is 0.491 e. The number of pyridine rings is 2. The summed E-state index contributed by atoms with van der Waals surface area (Å²) in [6, 6.07) is 5.48. The molecule has 0 amide bonds. The van der Waals surface area contributed by atoms with E-state index in [9.17, 15) is 0 Å². The number of aromatic nitrogens is 4. The smallest absolute Gasteiger partial charge is 0.190 e. The lowest BCUT2D eigenvalue weighted by atomic mass is 10.3. The average Bonchev–Trinajstić information content (AvgIpc) is 2.88. The van der Waals surface area contributed by atoms with Crippen LogP contribution >= 0.6 is 15.9 Å². The topological polar surface area (TPSA) is 88.1 Å². The van der Waals surface area contributed by atoms with Gasteiger partial charge in [-0.3, -0.25) is 4.98 Å². The summed E-state index contributed by atoms with van der Waals surface area (Å²) < 4.78 is 13.8. The Labute approximate surface area is 140 Å². The van der Waals surface area contributed by atoms with E-state index in [0.29, 0.717) is 38.8 Å². The monoisotopic (exact) mass is 375 g/mol. The molecule has 3 aromatic heterocycles. The van der Waals surface area contributed by atoms with E-state index in [1.165, 1.54) is 6.20 Å². The van der Waals surface area contributed by atoms with Gasteiger partial charge in [-0.2, -0.15) is 0 Å². The van der Waals surface area contributed by atoms with Crippen LogP contribution in [0.25, 0.3) is 16.9 Å². The van der Waals surface area contributed by atoms with Crippen molar-refractivity contribution in [2.75, 3.05) is 7.11 Å². The van der Waals surface area contributed by atoms with Gasteiger partial charge in [0.15, 0.2) is 27.6 Å². The van der Waals surface area contributed by atoms with E-state index in [1.807, 2.05) is 23.7 Å². The van der Waals surface area contributed by atoms with Crippen LogP contribution in [0.1, 0.15) is 5.69 Å². The Morgan fingerprint density at radius 3 is 2.83 bits per heavy atom. The summed E-state index contributed by atoms with van der Waals surface area (Å²) in [7, 11) is 3.42. The molecule has 0 aromatic carbocycles. The molecule has 8 heteroatoms. The second-order valence-corrected chi connectivity index (χ2v) is 5.32. The molecule has 0 aliphatic heterocycles. The van der Waals surface area contributed by atoms with Gasteiger partial charge in [-0.05, 0) is 28.1 Å². The number of hydrogen-bond acceptors (Lipinski definition) is 6. The maximum Gasteiger partial charge on any atom is 0.190 e. The minimum atomic E-state index is 0.409. The quantitative estimate of drug-likeness (QED) is 0.704. The molecule has 0 aliphatic carbocycles. The summed E-state index contributed by atoms with van der Waals surface area (Å²) in [5.41, 5.74) is 7.56. The Morgan fingerprint density at radius 2 is 2.17 bits per heavy atom. The number of ether oxygens (including phenoxy) is 2. The highest BCUT2D eigenvalue weighted by molar-refractivity contribution is 9.10. The van der Waals surface area contributed by atoms with Crippen LogP contribution in [0.5, 0.6) is 11.5 Å². The van der Waals surface area contributed by atoms with Crippen molar-refractivity contribution in [3.05, 3.63) is 47.2 Å². The summed E-state index contributed by atoms with van der Waals surface area (Å²) >= 11 is 3.37. The Morgan fingerprint density at radius 1 is 1.35 bits per heavy atom. The van der Waals surface area contributed by atoms with Crippen LogP contribution in [-0.2, 0) is 7.05 Å². The van der Waals surface area contributed by atoms with Crippen molar-refractivity contribution in [2.24, 2.45) is 12.8 Å². The first-order chi connectivity index (χ1) is 11.2. The zero-order valence-corrected chi connectivity index (χ0v) is 14.1. The number of imidazole rings is 1. The van der Waals surface area contributed by atoms with Gasteiger partial charge in [0.1, 0.15) is 11.2 Å². The van der Waals surface area contributed by atoms with Gasteiger partial charge in [-0.15, -0.1) is 0 Å². The lowest BCUT2D eigenvalue weighted by Gasteiger charge is -2.13. The van der Waals surface area contributed by atoms with Crippen molar-refractivity contribution in [1.29, 1.82) is 0 Å². The predicted octanol–water partition coefficient (Wildman–Crippen LogP) is 2.47. The van der Waals surface area contributed by atoms with Gasteiger partial charge in [0.05, 0.1) is 13.3 Å². The Hall–Kier alpha value is -2.61. The van der Waals surface area contributed by atoms with Crippen molar-refractivity contribution >= 4 is 32.9 Å². The SMILES string of the molecule is COc1c(OC(=CN)c2ccccn2)cnc2nc(Br)n(C)c12. The zero-order chi connectivity index (χ0) is 16.4. The van der Waals surface area contributed by atoms with Crippen molar-refractivity contribution < 1.29 is 9.47 Å². The summed E-state index contributed by atoms with van der Waals surface area (Å²) in [4.78, 5) is 12.8. The van der Waals surface area contributed by atoms with Gasteiger partial charge in [0, 0.05) is 19.4 Å². The number of halogens is 1. The summed E-state index contributed by atoms with van der Waals surface area (Å²) in [5, 5.41) is 0. The second kappa shape index (κ2) is 6.25. The molecule has 0 saturated carbocycles. The molecule has 0 aliphatic rings. The molecule has 118 valence electrons. The number of rotatable bonds is 4. The summed E-state index contributed by atoms with van der Waals surface area (Å²) in [6.07, 6.45) is 4.57. The third-order valence-corrected chi connectivity index (χ3v) is 3.97. The Balaban J connectivity index is 2.08. The minimum absolute atomic E-state index is 0.409. The summed E-state index contributed by atoms with van der Waals surface area (Å²) in [6.45, 7) is 0. The Bertz CT molecular complexity index is 876. The number of hydrogen-bond donors (Lipinski definition) is 1. The lowest BCUT2D eigenvalue weighted by Crippen LogP contribution is -2.03. The van der Waals surface area contributed by atoms with E-state index < -0.39 is 0 Å². The lowest BCUT2D eigenvalue weighted by molar-refractivity contribution is 0.387. The minimum Gasteiger partial charge on any atom is -0.491 e. The third kappa shape index (κ3) is 2.72. The molecule has 0 unspecified atom stereocenters. The molecule has 0 atom stereocenters. The average molecular weight is 376 g/mol. The normalized spacial score (nSPS) is 11.7. The molecule has 3 aromatic rings. The molecule has 0 radical (unpaired) electrons. The van der Waals surface area contributed by atoms with Gasteiger partial charge >= 0.3 is 0 Å². The van der Waals surface area contributed by atoms with Crippen LogP contribution in [0.15, 0.2) is 41.5 Å². The molecule has 0 spiro atoms. The van der Waals surface area contributed by atoms with Crippen molar-refractivity contribution in [3.8, 4) is 11.5 Å². The van der Waals surface area contributed by atoms with Crippen molar-refractivity contribution in [2.45, 2.75) is 0 Å². The van der Waals surface area contributed by atoms with Crippen LogP contribution in [0.2, 0.25) is 0 Å². The number of aryl methyl sites for hydroxylation is 1. The van der Waals surface area contributed by atoms with Crippen LogP contribution in [0.4, 0.5) is 0 Å². The highest BCUT2D eigenvalue weighted by atomic mass is 79.9. The zero-order valence-electron chi connectivity index (χ0n) is 12.5. The standard InChI is InChI=1S/C15H14BrN5O2/c1-21-12-13(22-2)11(8-19-14(12)20-15(21)16)23-10(7-17)9-5-3-4-6-18-9/h3-8H,17H2,1-2H3. The fourth-order valence-electron chi connectivity index (χ4n) is 2.17. The maximum atomic E-state index is 5.87.